The van der Waals surface area contributed by atoms with Crippen LogP contribution < -0.4 is 9.30 Å². The van der Waals surface area contributed by atoms with Crippen molar-refractivity contribution in [3.63, 3.8) is 0 Å². The van der Waals surface area contributed by atoms with Gasteiger partial charge in [0.2, 0.25) is 0 Å². The molecule has 0 aliphatic carbocycles. The Morgan fingerprint density at radius 3 is 2.42 bits per heavy atom. The Kier molecular flexibility index (Phi) is 4.55. The second-order valence-corrected chi connectivity index (χ2v) is 11.0. The van der Waals surface area contributed by atoms with Crippen LogP contribution in [0.3, 0.4) is 0 Å². The number of hydrogen-bond donors (Lipinski definition) is 0. The molecule has 0 atom stereocenters. The molecular formula is C29H30N3O+. The van der Waals surface area contributed by atoms with Crippen LogP contribution in [0.5, 0.6) is 11.5 Å². The van der Waals surface area contributed by atoms with E-state index in [0.29, 0.717) is 6.42 Å². The number of fused-ring (bicyclic) bond motifs is 3. The van der Waals surface area contributed by atoms with E-state index in [1.165, 1.54) is 21.9 Å². The zero-order valence-corrected chi connectivity index (χ0v) is 20.5. The van der Waals surface area contributed by atoms with Gasteiger partial charge < -0.3 is 4.74 Å². The Morgan fingerprint density at radius 2 is 1.76 bits per heavy atom. The van der Waals surface area contributed by atoms with Crippen molar-refractivity contribution in [1.82, 2.24) is 4.98 Å². The third kappa shape index (κ3) is 3.26. The molecule has 0 saturated carbocycles. The first-order valence-electron chi connectivity index (χ1n) is 11.5. The van der Waals surface area contributed by atoms with Crippen molar-refractivity contribution in [1.29, 1.82) is 5.26 Å². The predicted molar refractivity (Wildman–Crippen MR) is 132 cm³/mol. The number of hydrogen-bond acceptors (Lipinski definition) is 3. The smallest absolute Gasteiger partial charge is 0.287 e. The molecule has 3 aromatic carbocycles. The van der Waals surface area contributed by atoms with Gasteiger partial charge in [0.05, 0.1) is 24.1 Å². The van der Waals surface area contributed by atoms with Gasteiger partial charge in [0.25, 0.3) is 6.33 Å². The van der Waals surface area contributed by atoms with Crippen LogP contribution >= 0.6 is 0 Å². The average molecular weight is 437 g/mol. The molecule has 4 aromatic rings. The van der Waals surface area contributed by atoms with Crippen molar-refractivity contribution < 1.29 is 9.30 Å². The van der Waals surface area contributed by atoms with Crippen LogP contribution in [0.4, 0.5) is 0 Å². The second-order valence-electron chi connectivity index (χ2n) is 11.0. The van der Waals surface area contributed by atoms with Crippen molar-refractivity contribution in [3.05, 3.63) is 59.4 Å². The van der Waals surface area contributed by atoms with Gasteiger partial charge in [0.15, 0.2) is 11.2 Å². The fraction of sp³-hybridized carbons (Fsp3) is 0.345. The van der Waals surface area contributed by atoms with Gasteiger partial charge in [-0.2, -0.15) is 5.26 Å². The standard InChI is InChI=1S/C29H30N3O/c1-17-19-10-8-9-11-20(19)25(28(2,3)4)27-23(17)26-24-21(31-16-32(26)7)12-18(13-22(24)33-27)14-29(5,6)15-30/h8-13,16H,14H2,1-7H3/q+1. The number of aryl methyl sites for hydroxylation is 2. The SMILES string of the molecule is Cc1c2c(c(C(C)(C)C)c3ccccc13)Oc1cc(CC(C)(C)C#N)cc3nc[n+](C)c-2c13. The van der Waals surface area contributed by atoms with Gasteiger partial charge in [0.1, 0.15) is 16.9 Å². The lowest BCUT2D eigenvalue weighted by atomic mass is 9.78. The Balaban J connectivity index is 1.91. The molecule has 166 valence electrons. The van der Waals surface area contributed by atoms with Crippen molar-refractivity contribution in [2.75, 3.05) is 0 Å². The lowest BCUT2D eigenvalue weighted by molar-refractivity contribution is -0.662. The van der Waals surface area contributed by atoms with Crippen LogP contribution in [0.1, 0.15) is 51.3 Å². The summed E-state index contributed by atoms with van der Waals surface area (Å²) in [6.07, 6.45) is 2.53. The first kappa shape index (κ1) is 21.4. The molecule has 1 aliphatic heterocycles. The maximum atomic E-state index is 9.57. The van der Waals surface area contributed by atoms with Crippen LogP contribution in [-0.2, 0) is 18.9 Å². The quantitative estimate of drug-likeness (QED) is 0.290. The molecule has 1 aromatic heterocycles. The predicted octanol–water partition coefficient (Wildman–Crippen LogP) is 6.68. The zero-order valence-electron chi connectivity index (χ0n) is 20.5. The van der Waals surface area contributed by atoms with Gasteiger partial charge in [-0.05, 0) is 71.6 Å². The summed E-state index contributed by atoms with van der Waals surface area (Å²) in [6.45, 7) is 12.9. The molecule has 1 aliphatic rings. The van der Waals surface area contributed by atoms with Crippen LogP contribution in [0, 0.1) is 23.7 Å². The Morgan fingerprint density at radius 1 is 1.06 bits per heavy atom. The lowest BCUT2D eigenvalue weighted by Crippen LogP contribution is -2.33. The minimum Gasteiger partial charge on any atom is -0.455 e. The molecule has 0 unspecified atom stereocenters. The van der Waals surface area contributed by atoms with Crippen molar-refractivity contribution >= 4 is 21.7 Å². The van der Waals surface area contributed by atoms with Crippen molar-refractivity contribution in [2.24, 2.45) is 12.5 Å². The molecular weight excluding hydrogens is 406 g/mol. The highest BCUT2D eigenvalue weighted by atomic mass is 16.5. The normalized spacial score (nSPS) is 13.0. The topological polar surface area (TPSA) is 49.8 Å². The summed E-state index contributed by atoms with van der Waals surface area (Å²) in [4.78, 5) is 4.74. The number of rotatable bonds is 2. The van der Waals surface area contributed by atoms with E-state index in [9.17, 15) is 5.26 Å². The Hall–Kier alpha value is -3.45. The average Bonchev–Trinajstić information content (AvgIpc) is 2.74. The maximum absolute atomic E-state index is 9.57. The summed E-state index contributed by atoms with van der Waals surface area (Å²) in [6, 6.07) is 15.3. The molecule has 4 heteroatoms. The third-order valence-corrected chi connectivity index (χ3v) is 6.68. The highest BCUT2D eigenvalue weighted by Gasteiger charge is 2.35. The summed E-state index contributed by atoms with van der Waals surface area (Å²) in [5.41, 5.74) is 6.12. The Bertz CT molecular complexity index is 1500. The molecule has 0 amide bonds. The minimum atomic E-state index is -0.460. The molecule has 2 heterocycles. The molecule has 0 radical (unpaired) electrons. The first-order chi connectivity index (χ1) is 15.5. The number of benzene rings is 3. The minimum absolute atomic E-state index is 0.111. The van der Waals surface area contributed by atoms with Crippen LogP contribution in [0.15, 0.2) is 42.7 Å². The third-order valence-electron chi connectivity index (χ3n) is 6.68. The van der Waals surface area contributed by atoms with E-state index in [4.69, 9.17) is 9.72 Å². The summed E-state index contributed by atoms with van der Waals surface area (Å²) in [5, 5.41) is 13.1. The van der Waals surface area contributed by atoms with E-state index in [2.05, 4.69) is 81.8 Å². The van der Waals surface area contributed by atoms with E-state index in [1.807, 2.05) is 20.2 Å². The molecule has 0 saturated heterocycles. The summed E-state index contributed by atoms with van der Waals surface area (Å²) in [7, 11) is 2.05. The van der Waals surface area contributed by atoms with Gasteiger partial charge in [-0.1, -0.05) is 45.0 Å². The van der Waals surface area contributed by atoms with Gasteiger partial charge in [0, 0.05) is 5.56 Å². The number of aromatic nitrogens is 2. The van der Waals surface area contributed by atoms with E-state index in [-0.39, 0.29) is 5.41 Å². The monoisotopic (exact) mass is 436 g/mol. The second kappa shape index (κ2) is 7.02. The summed E-state index contributed by atoms with van der Waals surface area (Å²) < 4.78 is 8.92. The molecule has 0 spiro atoms. The largest absolute Gasteiger partial charge is 0.455 e. The molecule has 33 heavy (non-hydrogen) atoms. The van der Waals surface area contributed by atoms with Gasteiger partial charge in [-0.3, -0.25) is 0 Å². The van der Waals surface area contributed by atoms with Crippen molar-refractivity contribution in [3.8, 4) is 28.8 Å². The summed E-state index contributed by atoms with van der Waals surface area (Å²) >= 11 is 0. The van der Waals surface area contributed by atoms with E-state index >= 15 is 0 Å². The van der Waals surface area contributed by atoms with Gasteiger partial charge in [-0.15, -0.1) is 0 Å². The van der Waals surface area contributed by atoms with E-state index in [0.717, 1.165) is 39.2 Å². The number of ether oxygens (including phenoxy) is 1. The Labute approximate surface area is 195 Å². The molecule has 5 rings (SSSR count). The molecule has 0 fully saturated rings. The van der Waals surface area contributed by atoms with E-state index in [1.54, 1.807) is 0 Å². The first-order valence-corrected chi connectivity index (χ1v) is 11.5. The van der Waals surface area contributed by atoms with Crippen molar-refractivity contribution in [2.45, 2.75) is 53.4 Å². The summed E-state index contributed by atoms with van der Waals surface area (Å²) in [5.74, 6) is 1.76. The number of nitrogens with zero attached hydrogens (tertiary/aromatic N) is 3. The number of nitriles is 1. The highest BCUT2D eigenvalue weighted by molar-refractivity contribution is 6.06. The highest BCUT2D eigenvalue weighted by Crippen LogP contribution is 2.53. The lowest BCUT2D eigenvalue weighted by Gasteiger charge is -2.31. The van der Waals surface area contributed by atoms with Gasteiger partial charge >= 0.3 is 0 Å². The van der Waals surface area contributed by atoms with Gasteiger partial charge in [-0.25, -0.2) is 4.57 Å². The van der Waals surface area contributed by atoms with Crippen LogP contribution in [0.25, 0.3) is 32.9 Å². The van der Waals surface area contributed by atoms with Crippen LogP contribution in [-0.4, -0.2) is 4.98 Å². The fourth-order valence-electron chi connectivity index (χ4n) is 5.23. The van der Waals surface area contributed by atoms with E-state index < -0.39 is 5.41 Å². The molecule has 0 N–H and O–H groups in total. The maximum Gasteiger partial charge on any atom is 0.287 e. The zero-order chi connectivity index (χ0) is 23.7. The molecule has 0 bridgehead atoms. The van der Waals surface area contributed by atoms with Crippen LogP contribution in [0.2, 0.25) is 0 Å². The fourth-order valence-corrected chi connectivity index (χ4v) is 5.23. The molecule has 4 nitrogen and oxygen atoms in total.